The summed E-state index contributed by atoms with van der Waals surface area (Å²) in [5.41, 5.74) is 4.33. The highest BCUT2D eigenvalue weighted by atomic mass is 16.5. The molecule has 7 heteroatoms. The van der Waals surface area contributed by atoms with Crippen LogP contribution in [0.4, 0.5) is 5.69 Å². The van der Waals surface area contributed by atoms with E-state index in [0.29, 0.717) is 24.5 Å². The highest BCUT2D eigenvalue weighted by Gasteiger charge is 2.25. The Bertz CT molecular complexity index is 1150. The number of carbonyl (C=O) groups excluding carboxylic acids is 2. The number of nitrogens with one attached hydrogen (secondary N) is 1. The first-order valence-electron chi connectivity index (χ1n) is 11.2. The minimum absolute atomic E-state index is 0.0321. The minimum Gasteiger partial charge on any atom is -0.497 e. The number of furan rings is 1. The van der Waals surface area contributed by atoms with Crippen LogP contribution in [0.1, 0.15) is 29.5 Å². The van der Waals surface area contributed by atoms with E-state index in [1.54, 1.807) is 24.3 Å². The van der Waals surface area contributed by atoms with Crippen LogP contribution in [-0.4, -0.2) is 49.6 Å². The molecule has 1 fully saturated rings. The molecule has 1 aliphatic rings. The quantitative estimate of drug-likeness (QED) is 0.555. The second kappa shape index (κ2) is 10.1. The van der Waals surface area contributed by atoms with Gasteiger partial charge >= 0.3 is 0 Å². The first kappa shape index (κ1) is 22.9. The Hall–Kier alpha value is -3.32. The molecule has 174 valence electrons. The fourth-order valence-corrected chi connectivity index (χ4v) is 4.14. The van der Waals surface area contributed by atoms with Crippen LogP contribution in [0.15, 0.2) is 47.1 Å². The van der Waals surface area contributed by atoms with Crippen molar-refractivity contribution in [2.45, 2.75) is 39.2 Å². The zero-order valence-electron chi connectivity index (χ0n) is 19.3. The normalized spacial score (nSPS) is 15.5. The molecule has 2 amide bonds. The molecule has 0 spiro atoms. The molecule has 1 aromatic heterocycles. The first-order chi connectivity index (χ1) is 15.9. The maximum absolute atomic E-state index is 13.3. The molecule has 2 heterocycles. The minimum atomic E-state index is -0.225. The number of benzene rings is 2. The van der Waals surface area contributed by atoms with Gasteiger partial charge in [-0.05, 0) is 56.0 Å². The van der Waals surface area contributed by atoms with Crippen molar-refractivity contribution < 1.29 is 23.5 Å². The van der Waals surface area contributed by atoms with E-state index in [-0.39, 0.29) is 30.9 Å². The maximum atomic E-state index is 13.3. The first-order valence-corrected chi connectivity index (χ1v) is 11.2. The number of nitrogens with zero attached hydrogens (tertiary/aromatic N) is 1. The Morgan fingerprint density at radius 3 is 2.82 bits per heavy atom. The van der Waals surface area contributed by atoms with E-state index in [4.69, 9.17) is 13.9 Å². The number of hydrogen-bond acceptors (Lipinski definition) is 5. The van der Waals surface area contributed by atoms with Crippen molar-refractivity contribution in [3.05, 3.63) is 59.4 Å². The van der Waals surface area contributed by atoms with Crippen LogP contribution in [0.25, 0.3) is 11.0 Å². The van der Waals surface area contributed by atoms with Gasteiger partial charge in [0.05, 0.1) is 32.4 Å². The third-order valence-electron chi connectivity index (χ3n) is 6.22. The Balaban J connectivity index is 1.49. The predicted molar refractivity (Wildman–Crippen MR) is 127 cm³/mol. The highest BCUT2D eigenvalue weighted by molar-refractivity contribution is 5.96. The van der Waals surface area contributed by atoms with Gasteiger partial charge in [0.25, 0.3) is 0 Å². The van der Waals surface area contributed by atoms with Gasteiger partial charge in [0.15, 0.2) is 0 Å². The van der Waals surface area contributed by atoms with E-state index in [0.717, 1.165) is 40.6 Å². The van der Waals surface area contributed by atoms with Crippen molar-refractivity contribution in [3.63, 3.8) is 0 Å². The molecule has 1 N–H and O–H groups in total. The summed E-state index contributed by atoms with van der Waals surface area (Å²) in [6.45, 7) is 5.02. The van der Waals surface area contributed by atoms with E-state index >= 15 is 0 Å². The molecule has 33 heavy (non-hydrogen) atoms. The SMILES string of the molecule is COc1ccc2c(CC(=O)N(CC(=O)Nc3cccc(C)c3C)CC3CCCO3)coc2c1. The second-order valence-electron chi connectivity index (χ2n) is 8.50. The van der Waals surface area contributed by atoms with Crippen molar-refractivity contribution in [3.8, 4) is 5.75 Å². The lowest BCUT2D eigenvalue weighted by Crippen LogP contribution is -2.43. The number of methoxy groups -OCH3 is 1. The molecule has 1 aliphatic heterocycles. The number of aryl methyl sites for hydroxylation is 1. The van der Waals surface area contributed by atoms with Crippen LogP contribution in [-0.2, 0) is 20.7 Å². The van der Waals surface area contributed by atoms with Crippen LogP contribution >= 0.6 is 0 Å². The molecule has 3 aromatic rings. The number of anilines is 1. The summed E-state index contributed by atoms with van der Waals surface area (Å²) in [7, 11) is 1.60. The van der Waals surface area contributed by atoms with Gasteiger partial charge in [0.1, 0.15) is 11.3 Å². The Morgan fingerprint density at radius 1 is 1.21 bits per heavy atom. The number of hydrogen-bond donors (Lipinski definition) is 1. The monoisotopic (exact) mass is 450 g/mol. The fraction of sp³-hybridized carbons (Fsp3) is 0.385. The van der Waals surface area contributed by atoms with Gasteiger partial charge in [-0.15, -0.1) is 0 Å². The molecule has 4 rings (SSSR count). The molecule has 0 radical (unpaired) electrons. The van der Waals surface area contributed by atoms with Crippen LogP contribution < -0.4 is 10.1 Å². The Morgan fingerprint density at radius 2 is 2.06 bits per heavy atom. The van der Waals surface area contributed by atoms with E-state index < -0.39 is 0 Å². The van der Waals surface area contributed by atoms with E-state index in [2.05, 4.69) is 5.32 Å². The summed E-state index contributed by atoms with van der Waals surface area (Å²) < 4.78 is 16.6. The summed E-state index contributed by atoms with van der Waals surface area (Å²) >= 11 is 0. The highest BCUT2D eigenvalue weighted by Crippen LogP contribution is 2.26. The molecule has 1 unspecified atom stereocenters. The number of rotatable bonds is 8. The van der Waals surface area contributed by atoms with Crippen molar-refractivity contribution >= 4 is 28.5 Å². The lowest BCUT2D eigenvalue weighted by molar-refractivity contribution is -0.135. The molecule has 1 saturated heterocycles. The van der Waals surface area contributed by atoms with Crippen molar-refractivity contribution in [1.29, 1.82) is 0 Å². The average molecular weight is 451 g/mol. The molecule has 2 aromatic carbocycles. The van der Waals surface area contributed by atoms with Crippen LogP contribution in [0.3, 0.4) is 0 Å². The van der Waals surface area contributed by atoms with E-state index in [9.17, 15) is 9.59 Å². The molecule has 1 atom stereocenters. The third-order valence-corrected chi connectivity index (χ3v) is 6.22. The van der Waals surface area contributed by atoms with Gasteiger partial charge in [-0.2, -0.15) is 0 Å². The summed E-state index contributed by atoms with van der Waals surface area (Å²) in [5, 5.41) is 3.82. The van der Waals surface area contributed by atoms with Gasteiger partial charge in [-0.3, -0.25) is 9.59 Å². The van der Waals surface area contributed by atoms with Crippen molar-refractivity contribution in [2.24, 2.45) is 0 Å². The molecular formula is C26H30N2O5. The summed E-state index contributed by atoms with van der Waals surface area (Å²) in [6.07, 6.45) is 3.55. The molecule has 0 saturated carbocycles. The van der Waals surface area contributed by atoms with Gasteiger partial charge in [0.2, 0.25) is 11.8 Å². The zero-order valence-corrected chi connectivity index (χ0v) is 19.3. The van der Waals surface area contributed by atoms with Gasteiger partial charge in [-0.25, -0.2) is 0 Å². The largest absolute Gasteiger partial charge is 0.497 e. The number of fused-ring (bicyclic) bond motifs is 1. The van der Waals surface area contributed by atoms with Crippen molar-refractivity contribution in [2.75, 3.05) is 32.1 Å². The molecule has 7 nitrogen and oxygen atoms in total. The van der Waals surface area contributed by atoms with Gasteiger partial charge in [0, 0.05) is 35.9 Å². The Labute approximate surface area is 193 Å². The van der Waals surface area contributed by atoms with Crippen LogP contribution in [0.2, 0.25) is 0 Å². The third kappa shape index (κ3) is 5.37. The van der Waals surface area contributed by atoms with Gasteiger partial charge in [-0.1, -0.05) is 12.1 Å². The average Bonchev–Trinajstić information content (AvgIpc) is 3.46. The number of ether oxygens (including phenoxy) is 2. The smallest absolute Gasteiger partial charge is 0.244 e. The van der Waals surface area contributed by atoms with E-state index in [1.807, 2.05) is 44.2 Å². The Kier molecular flexibility index (Phi) is 6.99. The standard InChI is InChI=1S/C26H30N2O5/c1-17-6-4-8-23(18(17)2)27-25(29)15-28(14-21-7-5-11-32-21)26(30)12-19-16-33-24-13-20(31-3)9-10-22(19)24/h4,6,8-10,13,16,21H,5,7,11-12,14-15H2,1-3H3,(H,27,29). The lowest BCUT2D eigenvalue weighted by atomic mass is 10.1. The zero-order chi connectivity index (χ0) is 23.4. The number of amides is 2. The molecule has 0 bridgehead atoms. The molecule has 0 aliphatic carbocycles. The predicted octanol–water partition coefficient (Wildman–Crippen LogP) is 4.25. The fourth-order valence-electron chi connectivity index (χ4n) is 4.14. The number of carbonyl (C=O) groups is 2. The molecular weight excluding hydrogens is 420 g/mol. The topological polar surface area (TPSA) is 81.0 Å². The van der Waals surface area contributed by atoms with E-state index in [1.165, 1.54) is 0 Å². The van der Waals surface area contributed by atoms with Gasteiger partial charge < -0.3 is 24.1 Å². The summed E-state index contributed by atoms with van der Waals surface area (Å²) in [4.78, 5) is 27.8. The van der Waals surface area contributed by atoms with Crippen molar-refractivity contribution in [1.82, 2.24) is 4.90 Å². The van der Waals surface area contributed by atoms with Crippen LogP contribution in [0.5, 0.6) is 5.75 Å². The second-order valence-corrected chi connectivity index (χ2v) is 8.50. The maximum Gasteiger partial charge on any atom is 0.244 e. The summed E-state index contributed by atoms with van der Waals surface area (Å²) in [6, 6.07) is 11.3. The van der Waals surface area contributed by atoms with Crippen LogP contribution in [0, 0.1) is 13.8 Å². The lowest BCUT2D eigenvalue weighted by Gasteiger charge is -2.25. The summed E-state index contributed by atoms with van der Waals surface area (Å²) in [5.74, 6) is 0.329.